The molecule has 0 aliphatic rings. The maximum absolute atomic E-state index is 6.01. The standard InChI is InChI=1S/C15H12BrCl2N3/c1-9-3-2-4-12(14(9)16)21-13(5-6-17)20-11-7-10(18)8-19-15(11)21/h2-4,7-8H,5-6H2,1H3. The van der Waals surface area contributed by atoms with Gasteiger partial charge < -0.3 is 0 Å². The molecule has 6 heteroatoms. The van der Waals surface area contributed by atoms with Crippen molar-refractivity contribution in [3.63, 3.8) is 0 Å². The second-order valence-electron chi connectivity index (χ2n) is 4.71. The summed E-state index contributed by atoms with van der Waals surface area (Å²) in [7, 11) is 0. The first-order valence-corrected chi connectivity index (χ1v) is 8.16. The molecule has 0 amide bonds. The number of nitrogens with zero attached hydrogens (tertiary/aromatic N) is 3. The van der Waals surface area contributed by atoms with E-state index in [2.05, 4.69) is 38.9 Å². The highest BCUT2D eigenvalue weighted by Crippen LogP contribution is 2.29. The van der Waals surface area contributed by atoms with Gasteiger partial charge in [-0.2, -0.15) is 0 Å². The fourth-order valence-electron chi connectivity index (χ4n) is 2.30. The Kier molecular flexibility index (Phi) is 4.20. The highest BCUT2D eigenvalue weighted by Gasteiger charge is 2.16. The van der Waals surface area contributed by atoms with Crippen LogP contribution >= 0.6 is 39.1 Å². The minimum Gasteiger partial charge on any atom is -0.280 e. The molecule has 0 aliphatic heterocycles. The summed E-state index contributed by atoms with van der Waals surface area (Å²) >= 11 is 15.6. The Bertz CT molecular complexity index is 814. The largest absolute Gasteiger partial charge is 0.280 e. The van der Waals surface area contributed by atoms with Crippen molar-refractivity contribution in [2.24, 2.45) is 0 Å². The number of alkyl halides is 1. The minimum absolute atomic E-state index is 0.500. The van der Waals surface area contributed by atoms with Crippen LogP contribution in [0.5, 0.6) is 0 Å². The first-order valence-electron chi connectivity index (χ1n) is 6.46. The molecule has 0 bridgehead atoms. The zero-order chi connectivity index (χ0) is 15.0. The van der Waals surface area contributed by atoms with Crippen LogP contribution in [-0.2, 0) is 6.42 Å². The van der Waals surface area contributed by atoms with E-state index in [0.29, 0.717) is 17.3 Å². The van der Waals surface area contributed by atoms with Crippen molar-refractivity contribution in [1.29, 1.82) is 0 Å². The predicted octanol–water partition coefficient (Wildman–Crippen LogP) is 4.93. The molecule has 3 aromatic rings. The summed E-state index contributed by atoms with van der Waals surface area (Å²) in [6, 6.07) is 7.92. The van der Waals surface area contributed by atoms with Gasteiger partial charge in [-0.05, 0) is 40.5 Å². The fourth-order valence-corrected chi connectivity index (χ4v) is 3.06. The Morgan fingerprint density at radius 3 is 2.90 bits per heavy atom. The van der Waals surface area contributed by atoms with Crippen molar-refractivity contribution >= 4 is 50.3 Å². The van der Waals surface area contributed by atoms with Gasteiger partial charge in [0, 0.05) is 23.0 Å². The molecule has 3 rings (SSSR count). The zero-order valence-corrected chi connectivity index (χ0v) is 14.4. The van der Waals surface area contributed by atoms with Crippen LogP contribution in [0.3, 0.4) is 0 Å². The lowest BCUT2D eigenvalue weighted by molar-refractivity contribution is 0.901. The lowest BCUT2D eigenvalue weighted by Crippen LogP contribution is -2.04. The minimum atomic E-state index is 0.500. The Morgan fingerprint density at radius 1 is 1.33 bits per heavy atom. The second kappa shape index (κ2) is 5.95. The molecule has 21 heavy (non-hydrogen) atoms. The number of benzene rings is 1. The maximum Gasteiger partial charge on any atom is 0.164 e. The van der Waals surface area contributed by atoms with Crippen LogP contribution < -0.4 is 0 Å². The van der Waals surface area contributed by atoms with Crippen LogP contribution in [0.25, 0.3) is 16.9 Å². The van der Waals surface area contributed by atoms with Crippen molar-refractivity contribution in [2.75, 3.05) is 5.88 Å². The second-order valence-corrected chi connectivity index (χ2v) is 6.31. The summed E-state index contributed by atoms with van der Waals surface area (Å²) in [6.45, 7) is 2.05. The number of fused-ring (bicyclic) bond motifs is 1. The topological polar surface area (TPSA) is 30.7 Å². The van der Waals surface area contributed by atoms with Gasteiger partial charge in [0.25, 0.3) is 0 Å². The molecule has 0 spiro atoms. The number of pyridine rings is 1. The van der Waals surface area contributed by atoms with Crippen LogP contribution in [0.4, 0.5) is 0 Å². The van der Waals surface area contributed by atoms with E-state index in [9.17, 15) is 0 Å². The normalized spacial score (nSPS) is 11.2. The number of hydrogen-bond acceptors (Lipinski definition) is 2. The van der Waals surface area contributed by atoms with Gasteiger partial charge >= 0.3 is 0 Å². The predicted molar refractivity (Wildman–Crippen MR) is 90.7 cm³/mol. The third-order valence-electron chi connectivity index (χ3n) is 3.26. The van der Waals surface area contributed by atoms with Crippen LogP contribution in [-0.4, -0.2) is 20.4 Å². The van der Waals surface area contributed by atoms with Crippen molar-refractivity contribution in [3.8, 4) is 5.69 Å². The number of aromatic nitrogens is 3. The van der Waals surface area contributed by atoms with Crippen LogP contribution in [0, 0.1) is 6.92 Å². The molecule has 1 aromatic carbocycles. The zero-order valence-electron chi connectivity index (χ0n) is 11.3. The van der Waals surface area contributed by atoms with E-state index >= 15 is 0 Å². The summed E-state index contributed by atoms with van der Waals surface area (Å²) in [6.07, 6.45) is 2.30. The van der Waals surface area contributed by atoms with Gasteiger partial charge in [-0.25, -0.2) is 9.97 Å². The fraction of sp³-hybridized carbons (Fsp3) is 0.200. The number of aryl methyl sites for hydroxylation is 2. The van der Waals surface area contributed by atoms with Gasteiger partial charge in [0.2, 0.25) is 0 Å². The first kappa shape index (κ1) is 14.8. The highest BCUT2D eigenvalue weighted by molar-refractivity contribution is 9.10. The maximum atomic E-state index is 6.01. The number of hydrogen-bond donors (Lipinski definition) is 0. The van der Waals surface area contributed by atoms with E-state index < -0.39 is 0 Å². The third-order valence-corrected chi connectivity index (χ3v) is 4.69. The van der Waals surface area contributed by atoms with Crippen LogP contribution in [0.2, 0.25) is 5.02 Å². The molecule has 0 saturated carbocycles. The molecule has 0 radical (unpaired) electrons. The Labute approximate surface area is 141 Å². The Balaban J connectivity index is 2.33. The molecule has 0 unspecified atom stereocenters. The smallest absolute Gasteiger partial charge is 0.164 e. The van der Waals surface area contributed by atoms with Crippen molar-refractivity contribution in [2.45, 2.75) is 13.3 Å². The van der Waals surface area contributed by atoms with Gasteiger partial charge in [0.1, 0.15) is 11.3 Å². The molecular weight excluding hydrogens is 373 g/mol. The summed E-state index contributed by atoms with van der Waals surface area (Å²) in [4.78, 5) is 9.06. The molecular formula is C15H12BrCl2N3. The molecule has 0 saturated heterocycles. The molecule has 0 fully saturated rings. The summed E-state index contributed by atoms with van der Waals surface area (Å²) in [5.41, 5.74) is 3.72. The van der Waals surface area contributed by atoms with E-state index in [4.69, 9.17) is 23.2 Å². The Hall–Kier alpha value is -1.10. The van der Waals surface area contributed by atoms with E-state index in [1.54, 1.807) is 6.20 Å². The average Bonchev–Trinajstić information content (AvgIpc) is 2.79. The summed E-state index contributed by atoms with van der Waals surface area (Å²) < 4.78 is 3.06. The molecule has 0 atom stereocenters. The molecule has 0 aliphatic carbocycles. The third kappa shape index (κ3) is 2.68. The SMILES string of the molecule is Cc1cccc(-n2c(CCCl)nc3cc(Cl)cnc32)c1Br. The number of halogens is 3. The van der Waals surface area contributed by atoms with Crippen molar-refractivity contribution < 1.29 is 0 Å². The lowest BCUT2D eigenvalue weighted by atomic mass is 10.2. The quantitative estimate of drug-likeness (QED) is 0.599. The lowest BCUT2D eigenvalue weighted by Gasteiger charge is -2.11. The van der Waals surface area contributed by atoms with E-state index in [0.717, 1.165) is 32.7 Å². The van der Waals surface area contributed by atoms with Gasteiger partial charge in [-0.3, -0.25) is 4.57 Å². The highest BCUT2D eigenvalue weighted by atomic mass is 79.9. The monoisotopic (exact) mass is 383 g/mol. The number of rotatable bonds is 3. The molecule has 3 nitrogen and oxygen atoms in total. The van der Waals surface area contributed by atoms with Crippen molar-refractivity contribution in [1.82, 2.24) is 14.5 Å². The van der Waals surface area contributed by atoms with Gasteiger partial charge in [0.15, 0.2) is 5.65 Å². The van der Waals surface area contributed by atoms with Gasteiger partial charge in [-0.1, -0.05) is 23.7 Å². The molecule has 2 heterocycles. The van der Waals surface area contributed by atoms with E-state index in [-0.39, 0.29) is 0 Å². The van der Waals surface area contributed by atoms with Crippen molar-refractivity contribution in [3.05, 3.63) is 51.3 Å². The van der Waals surface area contributed by atoms with E-state index in [1.165, 1.54) is 0 Å². The first-order chi connectivity index (χ1) is 10.1. The molecule has 2 aromatic heterocycles. The van der Waals surface area contributed by atoms with Gasteiger partial charge in [-0.15, -0.1) is 11.6 Å². The Morgan fingerprint density at radius 2 is 2.14 bits per heavy atom. The average molecular weight is 385 g/mol. The summed E-state index contributed by atoms with van der Waals surface area (Å²) in [5.74, 6) is 1.38. The van der Waals surface area contributed by atoms with Crippen LogP contribution in [0.1, 0.15) is 11.4 Å². The molecule has 108 valence electrons. The van der Waals surface area contributed by atoms with Crippen LogP contribution in [0.15, 0.2) is 34.9 Å². The number of imidazole rings is 1. The summed E-state index contributed by atoms with van der Waals surface area (Å²) in [5, 5.41) is 0.577. The van der Waals surface area contributed by atoms with E-state index in [1.807, 2.05) is 22.8 Å². The molecule has 0 N–H and O–H groups in total. The van der Waals surface area contributed by atoms with Gasteiger partial charge in [0.05, 0.1) is 10.7 Å².